The third kappa shape index (κ3) is 5.45. The summed E-state index contributed by atoms with van der Waals surface area (Å²) in [6.07, 6.45) is 0. The van der Waals surface area contributed by atoms with Crippen LogP contribution < -0.4 is 0 Å². The fraction of sp³-hybridized carbons (Fsp3) is 0. The first kappa shape index (κ1) is 33.6. The minimum atomic E-state index is 0.719. The summed E-state index contributed by atoms with van der Waals surface area (Å²) in [5.41, 5.74) is 10.5. The van der Waals surface area contributed by atoms with E-state index in [1.807, 2.05) is 35.6 Å². The smallest absolute Gasteiger partial charge is 0.160 e. The normalized spacial score (nSPS) is 11.7. The van der Waals surface area contributed by atoms with Crippen molar-refractivity contribution >= 4 is 75.5 Å². The molecule has 3 nitrogen and oxygen atoms in total. The summed E-state index contributed by atoms with van der Waals surface area (Å²) in [4.78, 5) is 16.8. The van der Waals surface area contributed by atoms with Crippen LogP contribution in [0.4, 0.5) is 0 Å². The van der Waals surface area contributed by atoms with Crippen molar-refractivity contribution in [2.45, 2.75) is 0 Å². The molecule has 0 N–H and O–H groups in total. The van der Waals surface area contributed by atoms with E-state index in [1.165, 1.54) is 58.4 Å². The molecule has 9 aromatic carbocycles. The fourth-order valence-electron chi connectivity index (χ4n) is 8.93. The molecule has 0 aliphatic heterocycles. The van der Waals surface area contributed by atoms with Crippen LogP contribution >= 0.6 is 11.3 Å². The molecule has 0 radical (unpaired) electrons. The second-order valence-electron chi connectivity index (χ2n) is 15.1. The van der Waals surface area contributed by atoms with Crippen LogP contribution in [-0.2, 0) is 0 Å². The van der Waals surface area contributed by atoms with Crippen molar-refractivity contribution in [2.24, 2.45) is 0 Å². The van der Waals surface area contributed by atoms with Crippen LogP contribution in [0.5, 0.6) is 0 Å². The van der Waals surface area contributed by atoms with Crippen molar-refractivity contribution < 1.29 is 0 Å². The molecule has 0 aliphatic carbocycles. The number of benzene rings is 9. The van der Waals surface area contributed by atoms with E-state index in [4.69, 9.17) is 15.0 Å². The monoisotopic (exact) mass is 767 g/mol. The van der Waals surface area contributed by atoms with Gasteiger partial charge in [0.1, 0.15) is 0 Å². The van der Waals surface area contributed by atoms with Crippen molar-refractivity contribution in [3.63, 3.8) is 0 Å². The Hall–Kier alpha value is -7.53. The zero-order valence-electron chi connectivity index (χ0n) is 31.8. The summed E-state index contributed by atoms with van der Waals surface area (Å²) in [6, 6.07) is 71.4. The lowest BCUT2D eigenvalue weighted by Crippen LogP contribution is -1.95. The fourth-order valence-corrected chi connectivity index (χ4v) is 10.3. The quantitative estimate of drug-likeness (QED) is 0.164. The number of nitrogens with zero attached hydrogens (tertiary/aromatic N) is 3. The maximum Gasteiger partial charge on any atom is 0.160 e. The molecule has 0 amide bonds. The van der Waals surface area contributed by atoms with Gasteiger partial charge >= 0.3 is 0 Å². The molecule has 0 saturated heterocycles. The summed E-state index contributed by atoms with van der Waals surface area (Å²) in [5.74, 6) is 0.719. The lowest BCUT2D eigenvalue weighted by Gasteiger charge is -2.14. The van der Waals surface area contributed by atoms with Crippen molar-refractivity contribution in [1.82, 2.24) is 15.0 Å². The van der Waals surface area contributed by atoms with Gasteiger partial charge in [0.05, 0.1) is 22.4 Å². The molecule has 59 heavy (non-hydrogen) atoms. The van der Waals surface area contributed by atoms with Gasteiger partial charge in [-0.2, -0.15) is 0 Å². The topological polar surface area (TPSA) is 38.7 Å². The lowest BCUT2D eigenvalue weighted by atomic mass is 9.91. The van der Waals surface area contributed by atoms with Gasteiger partial charge in [0, 0.05) is 48.0 Å². The zero-order valence-corrected chi connectivity index (χ0v) is 32.6. The second kappa shape index (κ2) is 13.6. The zero-order chi connectivity index (χ0) is 38.9. The highest BCUT2D eigenvalue weighted by molar-refractivity contribution is 7.24. The van der Waals surface area contributed by atoms with Gasteiger partial charge in [0.15, 0.2) is 5.82 Å². The molecule has 274 valence electrons. The Morgan fingerprint density at radius 2 is 0.780 bits per heavy atom. The van der Waals surface area contributed by atoms with Crippen LogP contribution in [0, 0.1) is 0 Å². The van der Waals surface area contributed by atoms with Crippen molar-refractivity contribution in [1.29, 1.82) is 0 Å². The molecule has 0 fully saturated rings. The van der Waals surface area contributed by atoms with Gasteiger partial charge in [0.2, 0.25) is 0 Å². The molecule has 0 spiro atoms. The number of fused-ring (bicyclic) bond motifs is 10. The Kier molecular flexibility index (Phi) is 7.72. The van der Waals surface area contributed by atoms with Gasteiger partial charge in [-0.3, -0.25) is 0 Å². The maximum atomic E-state index is 5.42. The second-order valence-corrected chi connectivity index (χ2v) is 16.1. The number of para-hydroxylation sites is 2. The highest BCUT2D eigenvalue weighted by atomic mass is 32.1. The molecule has 4 heteroatoms. The Labute approximate surface area is 344 Å². The molecule has 3 heterocycles. The van der Waals surface area contributed by atoms with Crippen LogP contribution in [-0.4, -0.2) is 15.0 Å². The summed E-state index contributed by atoms with van der Waals surface area (Å²) >= 11 is 1.87. The molecule has 0 unspecified atom stereocenters. The number of pyridine rings is 1. The molecule has 12 aromatic rings. The molecule has 0 atom stereocenters. The Bertz CT molecular complexity index is 3560. The number of rotatable bonds is 5. The predicted molar refractivity (Wildman–Crippen MR) is 250 cm³/mol. The Morgan fingerprint density at radius 3 is 1.44 bits per heavy atom. The first-order valence-electron chi connectivity index (χ1n) is 19.9. The van der Waals surface area contributed by atoms with Gasteiger partial charge in [0.25, 0.3) is 0 Å². The minimum Gasteiger partial charge on any atom is -0.247 e. The standard InChI is InChI=1S/C55H33N3S/c1-3-15-35(16-4-1)52-50-49(34-27-29-36(30-28-34)51-44-23-11-13-25-47(44)57-55(58-51)37-17-5-2-6-18-37)53(59-54(50)45-24-12-14-26-48(45)56-52)38-31-32-43-41-21-8-7-19-39(41)40-20-9-10-22-42(40)46(43)33-38/h1-33H. The van der Waals surface area contributed by atoms with Gasteiger partial charge < -0.3 is 0 Å². The van der Waals surface area contributed by atoms with Crippen LogP contribution in [0.1, 0.15) is 0 Å². The predicted octanol–water partition coefficient (Wildman–Crippen LogP) is 15.2. The van der Waals surface area contributed by atoms with Gasteiger partial charge in [-0.05, 0) is 61.6 Å². The van der Waals surface area contributed by atoms with Crippen molar-refractivity contribution in [3.05, 3.63) is 200 Å². The molecule has 3 aromatic heterocycles. The van der Waals surface area contributed by atoms with Crippen LogP contribution in [0.2, 0.25) is 0 Å². The molecular weight excluding hydrogens is 735 g/mol. The lowest BCUT2D eigenvalue weighted by molar-refractivity contribution is 1.23. The SMILES string of the molecule is c1ccc(-c2nc(-c3ccc(-c4c(-c5ccc6c7ccccc7c7ccccc7c6c5)sc5c4c(-c4ccccc4)nc4ccccc45)cc3)c3ccccc3n2)cc1. The summed E-state index contributed by atoms with van der Waals surface area (Å²) < 4.78 is 1.24. The van der Waals surface area contributed by atoms with Crippen LogP contribution in [0.3, 0.4) is 0 Å². The Morgan fingerprint density at radius 1 is 0.305 bits per heavy atom. The third-order valence-corrected chi connectivity index (χ3v) is 12.9. The van der Waals surface area contributed by atoms with E-state index < -0.39 is 0 Å². The summed E-state index contributed by atoms with van der Waals surface area (Å²) in [5, 5.41) is 11.0. The van der Waals surface area contributed by atoms with Crippen LogP contribution in [0.15, 0.2) is 200 Å². The minimum absolute atomic E-state index is 0.719. The number of hydrogen-bond donors (Lipinski definition) is 0. The van der Waals surface area contributed by atoms with Gasteiger partial charge in [-0.25, -0.2) is 15.0 Å². The van der Waals surface area contributed by atoms with E-state index >= 15 is 0 Å². The highest BCUT2D eigenvalue weighted by Crippen LogP contribution is 2.51. The van der Waals surface area contributed by atoms with E-state index in [2.05, 4.69) is 176 Å². The van der Waals surface area contributed by atoms with E-state index in [0.717, 1.165) is 61.3 Å². The van der Waals surface area contributed by atoms with E-state index in [9.17, 15) is 0 Å². The average Bonchev–Trinajstić information content (AvgIpc) is 3.73. The summed E-state index contributed by atoms with van der Waals surface area (Å²) in [6.45, 7) is 0. The van der Waals surface area contributed by atoms with E-state index in [-0.39, 0.29) is 0 Å². The Balaban J connectivity index is 1.13. The largest absolute Gasteiger partial charge is 0.247 e. The molecule has 0 aliphatic rings. The third-order valence-electron chi connectivity index (χ3n) is 11.7. The average molecular weight is 768 g/mol. The molecular formula is C55H33N3S. The van der Waals surface area contributed by atoms with Gasteiger partial charge in [-0.1, -0.05) is 182 Å². The maximum absolute atomic E-state index is 5.42. The number of hydrogen-bond acceptors (Lipinski definition) is 4. The first-order valence-corrected chi connectivity index (χ1v) is 20.8. The highest BCUT2D eigenvalue weighted by Gasteiger charge is 2.24. The van der Waals surface area contributed by atoms with E-state index in [1.54, 1.807) is 0 Å². The van der Waals surface area contributed by atoms with E-state index in [0.29, 0.717) is 0 Å². The number of thiophene rings is 1. The number of aromatic nitrogens is 3. The summed E-state index contributed by atoms with van der Waals surface area (Å²) in [7, 11) is 0. The van der Waals surface area contributed by atoms with Crippen molar-refractivity contribution in [2.75, 3.05) is 0 Å². The van der Waals surface area contributed by atoms with Crippen LogP contribution in [0.25, 0.3) is 120 Å². The van der Waals surface area contributed by atoms with Gasteiger partial charge in [-0.15, -0.1) is 11.3 Å². The first-order chi connectivity index (χ1) is 29.3. The molecule has 0 saturated carbocycles. The van der Waals surface area contributed by atoms with Crippen molar-refractivity contribution in [3.8, 4) is 55.5 Å². The molecule has 12 rings (SSSR count). The molecule has 0 bridgehead atoms.